The van der Waals surface area contributed by atoms with Gasteiger partial charge in [0.1, 0.15) is 22.8 Å². The second kappa shape index (κ2) is 12.0. The molecule has 0 aliphatic rings. The first-order valence-corrected chi connectivity index (χ1v) is 13.9. The number of nitrogens with two attached hydrogens (primary N) is 1. The second-order valence-corrected chi connectivity index (χ2v) is 12.1. The van der Waals surface area contributed by atoms with Gasteiger partial charge in [-0.2, -0.15) is 5.10 Å². The van der Waals surface area contributed by atoms with Crippen LogP contribution in [0.3, 0.4) is 0 Å². The fourth-order valence-corrected chi connectivity index (χ4v) is 4.92. The third-order valence-electron chi connectivity index (χ3n) is 6.54. The Morgan fingerprint density at radius 3 is 2.37 bits per heavy atom. The summed E-state index contributed by atoms with van der Waals surface area (Å²) in [7, 11) is 1.79. The molecule has 0 fully saturated rings. The molecule has 0 saturated carbocycles. The Hall–Kier alpha value is -4.49. The highest BCUT2D eigenvalue weighted by Crippen LogP contribution is 2.37. The van der Waals surface area contributed by atoms with Crippen molar-refractivity contribution >= 4 is 22.8 Å². The Balaban J connectivity index is 1.94. The molecule has 4 aromatic rings. The predicted octanol–water partition coefficient (Wildman–Crippen LogP) is 5.93. The molecule has 0 aliphatic heterocycles. The fourth-order valence-electron chi connectivity index (χ4n) is 4.92. The molecule has 0 bridgehead atoms. The van der Waals surface area contributed by atoms with Gasteiger partial charge in [0, 0.05) is 29.6 Å². The third-order valence-corrected chi connectivity index (χ3v) is 6.54. The normalized spacial score (nSPS) is 12.5. The molecule has 2 aromatic carbocycles. The van der Waals surface area contributed by atoms with Crippen LogP contribution >= 0.6 is 0 Å². The number of alkyl carbamates (subject to hydrolysis) is 1. The van der Waals surface area contributed by atoms with Gasteiger partial charge in [0.2, 0.25) is 0 Å². The predicted molar refractivity (Wildman–Crippen MR) is 163 cm³/mol. The van der Waals surface area contributed by atoms with Crippen LogP contribution in [0.1, 0.15) is 63.2 Å². The summed E-state index contributed by atoms with van der Waals surface area (Å²) in [5.74, 6) is 4.64. The smallest absolute Gasteiger partial charge is 0.408 e. The van der Waals surface area contributed by atoms with E-state index in [1.165, 1.54) is 12.1 Å². The number of ether oxygens (including phenoxy) is 1. The van der Waals surface area contributed by atoms with Crippen LogP contribution in [0.4, 0.5) is 19.4 Å². The number of halogens is 2. The van der Waals surface area contributed by atoms with Crippen LogP contribution in [-0.4, -0.2) is 37.2 Å². The molecule has 8 nitrogen and oxygen atoms in total. The molecule has 0 aliphatic carbocycles. The molecule has 4 N–H and O–H groups in total. The number of hydrogen-bond donors (Lipinski definition) is 3. The zero-order chi connectivity index (χ0) is 31.7. The highest BCUT2D eigenvalue weighted by molar-refractivity contribution is 6.02. The van der Waals surface area contributed by atoms with Gasteiger partial charge in [0.25, 0.3) is 0 Å². The van der Waals surface area contributed by atoms with Crippen molar-refractivity contribution in [1.82, 2.24) is 20.1 Å². The van der Waals surface area contributed by atoms with Crippen molar-refractivity contribution < 1.29 is 23.4 Å². The highest BCUT2D eigenvalue weighted by Gasteiger charge is 2.27. The molecule has 4 rings (SSSR count). The van der Waals surface area contributed by atoms with Crippen molar-refractivity contribution in [3.63, 3.8) is 0 Å². The van der Waals surface area contributed by atoms with Gasteiger partial charge in [0.15, 0.2) is 5.82 Å². The van der Waals surface area contributed by atoms with Gasteiger partial charge in [-0.05, 0) is 77.3 Å². The van der Waals surface area contributed by atoms with E-state index in [0.717, 1.165) is 28.1 Å². The van der Waals surface area contributed by atoms with Gasteiger partial charge in [0.05, 0.1) is 29.4 Å². The summed E-state index contributed by atoms with van der Waals surface area (Å²) in [6.07, 6.45) is -0.490. The van der Waals surface area contributed by atoms with E-state index >= 15 is 0 Å². The molecule has 1 atom stereocenters. The minimum atomic E-state index is -1.18. The molecule has 43 heavy (non-hydrogen) atoms. The number of nitrogen functional groups attached to an aromatic ring is 1. The lowest BCUT2D eigenvalue weighted by Crippen LogP contribution is -2.36. The van der Waals surface area contributed by atoms with Crippen LogP contribution in [0.25, 0.3) is 22.0 Å². The van der Waals surface area contributed by atoms with Crippen molar-refractivity contribution in [2.24, 2.45) is 7.05 Å². The number of nitrogens with zero attached hydrogens (tertiary/aromatic N) is 3. The van der Waals surface area contributed by atoms with Crippen LogP contribution in [0.5, 0.6) is 0 Å². The molecule has 226 valence electrons. The van der Waals surface area contributed by atoms with Crippen molar-refractivity contribution in [1.29, 1.82) is 0 Å². The van der Waals surface area contributed by atoms with Crippen LogP contribution in [0.2, 0.25) is 0 Å². The summed E-state index contributed by atoms with van der Waals surface area (Å²) in [6, 6.07) is 9.91. The molecule has 2 heterocycles. The largest absolute Gasteiger partial charge is 0.444 e. The number of aryl methyl sites for hydroxylation is 2. The monoisotopic (exact) mass is 589 g/mol. The number of aliphatic hydroxyl groups is 1. The number of benzene rings is 2. The van der Waals surface area contributed by atoms with E-state index in [1.807, 2.05) is 31.2 Å². The molecular weight excluding hydrogens is 552 g/mol. The minimum absolute atomic E-state index is 0.00918. The van der Waals surface area contributed by atoms with Crippen LogP contribution in [0.15, 0.2) is 42.5 Å². The van der Waals surface area contributed by atoms with E-state index in [-0.39, 0.29) is 12.8 Å². The Labute approximate surface area is 250 Å². The summed E-state index contributed by atoms with van der Waals surface area (Å²) in [4.78, 5) is 18.0. The third kappa shape index (κ3) is 7.87. The molecular formula is C33H37F2N5O3. The number of anilines is 1. The molecule has 2 aromatic heterocycles. The zero-order valence-corrected chi connectivity index (χ0v) is 25.5. The summed E-state index contributed by atoms with van der Waals surface area (Å²) in [5.41, 5.74) is 8.73. The quantitative estimate of drug-likeness (QED) is 0.240. The Morgan fingerprint density at radius 1 is 1.09 bits per heavy atom. The average Bonchev–Trinajstić information content (AvgIpc) is 3.16. The van der Waals surface area contributed by atoms with Gasteiger partial charge < -0.3 is 20.9 Å². The standard InChI is InChI=1S/C33H37F2N5O3/c1-19-10-12-25(29-27(19)30(36)39-40(29)7)24-13-11-23(9-8-14-33(5,6)42)37-28(24)26(38-31(41)43-32(2,3)4)17-20-15-21(34)18-22(35)16-20/h10-13,15-16,18,26,42H,9,17H2,1-7H3,(H2,36,39)(H,38,41)/t26-/m0/s1. The molecule has 0 radical (unpaired) electrons. The summed E-state index contributed by atoms with van der Waals surface area (Å²) in [6.45, 7) is 10.3. The summed E-state index contributed by atoms with van der Waals surface area (Å²) < 4.78 is 35.7. The zero-order valence-electron chi connectivity index (χ0n) is 25.5. The van der Waals surface area contributed by atoms with Gasteiger partial charge in [-0.3, -0.25) is 9.67 Å². The minimum Gasteiger partial charge on any atom is -0.444 e. The Bertz CT molecular complexity index is 1720. The maximum absolute atomic E-state index is 14.2. The number of aromatic nitrogens is 3. The van der Waals surface area contributed by atoms with Crippen LogP contribution in [0, 0.1) is 30.4 Å². The molecule has 0 spiro atoms. The summed E-state index contributed by atoms with van der Waals surface area (Å²) >= 11 is 0. The second-order valence-electron chi connectivity index (χ2n) is 12.1. The molecule has 0 unspecified atom stereocenters. The van der Waals surface area contributed by atoms with E-state index in [4.69, 9.17) is 15.5 Å². The highest BCUT2D eigenvalue weighted by atomic mass is 19.1. The number of amides is 1. The molecule has 1 amide bonds. The average molecular weight is 590 g/mol. The van der Waals surface area contributed by atoms with E-state index in [0.29, 0.717) is 28.3 Å². The number of carbonyl (C=O) groups excluding carboxylic acids is 1. The maximum atomic E-state index is 14.2. The topological polar surface area (TPSA) is 115 Å². The number of carbonyl (C=O) groups is 1. The SMILES string of the molecule is Cc1ccc(-c2ccc(CC#CC(C)(C)O)nc2[C@H](Cc2cc(F)cc(F)c2)NC(=O)OC(C)(C)C)c2c1c(N)nn2C. The number of rotatable bonds is 6. The van der Waals surface area contributed by atoms with Gasteiger partial charge in [-0.25, -0.2) is 13.6 Å². The Morgan fingerprint density at radius 2 is 1.74 bits per heavy atom. The van der Waals surface area contributed by atoms with Crippen molar-refractivity contribution in [2.75, 3.05) is 5.73 Å². The first-order chi connectivity index (χ1) is 20.0. The summed E-state index contributed by atoms with van der Waals surface area (Å²) in [5, 5.41) is 18.1. The lowest BCUT2D eigenvalue weighted by atomic mass is 9.93. The number of fused-ring (bicyclic) bond motifs is 1. The Kier molecular flexibility index (Phi) is 8.79. The molecule has 10 heteroatoms. The lowest BCUT2D eigenvalue weighted by Gasteiger charge is -2.25. The van der Waals surface area contributed by atoms with E-state index in [2.05, 4.69) is 22.3 Å². The first kappa shape index (κ1) is 31.4. The van der Waals surface area contributed by atoms with Crippen molar-refractivity contribution in [3.05, 3.63) is 76.6 Å². The first-order valence-electron chi connectivity index (χ1n) is 13.9. The van der Waals surface area contributed by atoms with Gasteiger partial charge in [-0.1, -0.05) is 30.0 Å². The number of hydrogen-bond acceptors (Lipinski definition) is 6. The number of nitrogens with one attached hydrogen (secondary N) is 1. The van der Waals surface area contributed by atoms with Gasteiger partial charge >= 0.3 is 6.09 Å². The van der Waals surface area contributed by atoms with E-state index in [9.17, 15) is 18.7 Å². The maximum Gasteiger partial charge on any atom is 0.408 e. The van der Waals surface area contributed by atoms with Crippen LogP contribution < -0.4 is 11.1 Å². The van der Waals surface area contributed by atoms with Crippen molar-refractivity contribution in [3.8, 4) is 23.0 Å². The van der Waals surface area contributed by atoms with Crippen LogP contribution in [-0.2, 0) is 24.6 Å². The lowest BCUT2D eigenvalue weighted by molar-refractivity contribution is 0.0502. The van der Waals surface area contributed by atoms with Crippen molar-refractivity contribution in [2.45, 2.75) is 71.6 Å². The molecule has 0 saturated heterocycles. The van der Waals surface area contributed by atoms with Gasteiger partial charge in [-0.15, -0.1) is 0 Å². The van der Waals surface area contributed by atoms with E-state index < -0.39 is 35.0 Å². The number of pyridine rings is 1. The van der Waals surface area contributed by atoms with E-state index in [1.54, 1.807) is 46.3 Å². The fraction of sp³-hybridized carbons (Fsp3) is 0.364.